The first-order valence-corrected chi connectivity index (χ1v) is 8.56. The van der Waals surface area contributed by atoms with Crippen molar-refractivity contribution in [3.8, 4) is 0 Å². The van der Waals surface area contributed by atoms with Crippen LogP contribution < -0.4 is 0 Å². The monoisotopic (exact) mass is 313 g/mol. The minimum absolute atomic E-state index is 0.188. The van der Waals surface area contributed by atoms with Gasteiger partial charge in [0, 0.05) is 37.6 Å². The summed E-state index contributed by atoms with van der Waals surface area (Å²) < 4.78 is 6.24. The van der Waals surface area contributed by atoms with E-state index in [4.69, 9.17) is 11.3 Å². The first kappa shape index (κ1) is 16.4. The Labute approximate surface area is 139 Å². The lowest BCUT2D eigenvalue weighted by atomic mass is 9.62. The Balaban J connectivity index is 2.03. The van der Waals surface area contributed by atoms with Gasteiger partial charge in [-0.1, -0.05) is 13.0 Å². The zero-order chi connectivity index (χ0) is 16.7. The number of fused-ring (bicyclic) bond motifs is 2. The van der Waals surface area contributed by atoms with E-state index in [1.807, 2.05) is 13.2 Å². The zero-order valence-electron chi connectivity index (χ0n) is 14.7. The summed E-state index contributed by atoms with van der Waals surface area (Å²) in [7, 11) is 1.84. The van der Waals surface area contributed by atoms with Crippen LogP contribution in [0.3, 0.4) is 0 Å². The number of pyridine rings is 1. The number of nitrogens with zero attached hydrogens (tertiary/aromatic N) is 3. The predicted octanol–water partition coefficient (Wildman–Crippen LogP) is 4.00. The highest BCUT2D eigenvalue weighted by molar-refractivity contribution is 5.41. The van der Waals surface area contributed by atoms with Gasteiger partial charge in [-0.2, -0.15) is 0 Å². The lowest BCUT2D eigenvalue weighted by Crippen LogP contribution is -2.62. The van der Waals surface area contributed by atoms with Crippen LogP contribution in [0.5, 0.6) is 0 Å². The molecule has 0 spiro atoms. The second kappa shape index (κ2) is 5.89. The molecular weight excluding hydrogens is 286 g/mol. The van der Waals surface area contributed by atoms with Crippen LogP contribution in [0.4, 0.5) is 5.82 Å². The molecule has 0 radical (unpaired) electrons. The minimum atomic E-state index is -0.262. The second-order valence-electron chi connectivity index (χ2n) is 7.91. The smallest absolute Gasteiger partial charge is 0.269 e. The first-order valence-electron chi connectivity index (χ1n) is 8.56. The Kier molecular flexibility index (Phi) is 4.20. The SMILES string of the molecule is [C-]#[N+]c1cc(C2(OC)C3CCCC2CN(C(C)(C)C)C3)ccn1. The molecule has 2 fully saturated rings. The number of piperidine rings is 1. The van der Waals surface area contributed by atoms with Crippen molar-refractivity contribution >= 4 is 5.82 Å². The molecule has 23 heavy (non-hydrogen) atoms. The molecule has 1 aliphatic heterocycles. The van der Waals surface area contributed by atoms with E-state index in [1.54, 1.807) is 6.20 Å². The molecule has 1 aromatic rings. The van der Waals surface area contributed by atoms with Crippen LogP contribution in [0.15, 0.2) is 18.3 Å². The van der Waals surface area contributed by atoms with E-state index in [2.05, 4.69) is 41.6 Å². The fraction of sp³-hybridized carbons (Fsp3) is 0.684. The van der Waals surface area contributed by atoms with Crippen molar-refractivity contribution in [2.75, 3.05) is 20.2 Å². The van der Waals surface area contributed by atoms with Crippen LogP contribution in [0.1, 0.15) is 45.6 Å². The Morgan fingerprint density at radius 1 is 1.30 bits per heavy atom. The second-order valence-corrected chi connectivity index (χ2v) is 7.91. The van der Waals surface area contributed by atoms with Gasteiger partial charge in [-0.15, -0.1) is 4.98 Å². The van der Waals surface area contributed by atoms with Crippen molar-refractivity contribution in [1.82, 2.24) is 9.88 Å². The maximum Gasteiger partial charge on any atom is 0.269 e. The molecular formula is C19H27N3O. The van der Waals surface area contributed by atoms with E-state index in [0.717, 1.165) is 18.7 Å². The summed E-state index contributed by atoms with van der Waals surface area (Å²) in [5, 5.41) is 0. The van der Waals surface area contributed by atoms with Crippen molar-refractivity contribution in [2.24, 2.45) is 11.8 Å². The van der Waals surface area contributed by atoms with Crippen LogP contribution in [-0.2, 0) is 10.3 Å². The summed E-state index contributed by atoms with van der Waals surface area (Å²) in [6.07, 6.45) is 5.41. The standard InChI is InChI=1S/C19H27N3O/c1-18(2,3)22-12-15-7-6-8-16(13-22)19(15,23-5)14-9-10-21-17(11-14)20-4/h9-11,15-16H,6-8,12-13H2,1-3,5H3. The highest BCUT2D eigenvalue weighted by Crippen LogP contribution is 2.52. The summed E-state index contributed by atoms with van der Waals surface area (Å²) in [4.78, 5) is 10.3. The third-order valence-electron chi connectivity index (χ3n) is 5.80. The Hall–Kier alpha value is -1.44. The average Bonchev–Trinajstić information content (AvgIpc) is 2.52. The minimum Gasteiger partial charge on any atom is -0.373 e. The number of ether oxygens (including phenoxy) is 1. The predicted molar refractivity (Wildman–Crippen MR) is 91.3 cm³/mol. The lowest BCUT2D eigenvalue weighted by molar-refractivity contribution is -0.179. The molecule has 3 rings (SSSR count). The first-order chi connectivity index (χ1) is 10.9. The van der Waals surface area contributed by atoms with Gasteiger partial charge in [0.25, 0.3) is 5.82 Å². The van der Waals surface area contributed by atoms with Crippen LogP contribution >= 0.6 is 0 Å². The molecule has 0 amide bonds. The molecule has 2 heterocycles. The number of rotatable bonds is 2. The highest BCUT2D eigenvalue weighted by atomic mass is 16.5. The Morgan fingerprint density at radius 3 is 2.48 bits per heavy atom. The molecule has 4 nitrogen and oxygen atoms in total. The maximum atomic E-state index is 7.26. The van der Waals surface area contributed by atoms with Gasteiger partial charge in [-0.25, -0.2) is 0 Å². The summed E-state index contributed by atoms with van der Waals surface area (Å²) >= 11 is 0. The highest BCUT2D eigenvalue weighted by Gasteiger charge is 2.54. The molecule has 2 atom stereocenters. The third-order valence-corrected chi connectivity index (χ3v) is 5.80. The largest absolute Gasteiger partial charge is 0.373 e. The summed E-state index contributed by atoms with van der Waals surface area (Å²) in [5.41, 5.74) is 1.07. The molecule has 124 valence electrons. The number of likely N-dealkylation sites (tertiary alicyclic amines) is 1. The van der Waals surface area contributed by atoms with E-state index in [-0.39, 0.29) is 11.1 Å². The molecule has 1 aliphatic carbocycles. The Bertz CT molecular complexity index is 600. The summed E-state index contributed by atoms with van der Waals surface area (Å²) in [6.45, 7) is 16.3. The van der Waals surface area contributed by atoms with Crippen LogP contribution in [0.2, 0.25) is 0 Å². The van der Waals surface area contributed by atoms with Crippen molar-refractivity contribution in [2.45, 2.75) is 51.2 Å². The van der Waals surface area contributed by atoms with Crippen LogP contribution in [0.25, 0.3) is 4.85 Å². The van der Waals surface area contributed by atoms with Crippen molar-refractivity contribution in [1.29, 1.82) is 0 Å². The molecule has 2 unspecified atom stereocenters. The molecule has 0 N–H and O–H groups in total. The lowest BCUT2D eigenvalue weighted by Gasteiger charge is -2.57. The van der Waals surface area contributed by atoms with E-state index in [9.17, 15) is 0 Å². The third kappa shape index (κ3) is 2.66. The molecule has 1 saturated carbocycles. The topological polar surface area (TPSA) is 29.7 Å². The number of hydrogen-bond acceptors (Lipinski definition) is 3. The number of hydrogen-bond donors (Lipinski definition) is 0. The van der Waals surface area contributed by atoms with E-state index in [1.165, 1.54) is 19.3 Å². The van der Waals surface area contributed by atoms with E-state index >= 15 is 0 Å². The van der Waals surface area contributed by atoms with Gasteiger partial charge in [0.05, 0.1) is 5.60 Å². The molecule has 2 bridgehead atoms. The number of methoxy groups -OCH3 is 1. The van der Waals surface area contributed by atoms with Crippen LogP contribution in [-0.4, -0.2) is 35.6 Å². The quantitative estimate of drug-likeness (QED) is 0.773. The van der Waals surface area contributed by atoms with E-state index < -0.39 is 0 Å². The average molecular weight is 313 g/mol. The Morgan fingerprint density at radius 2 is 1.96 bits per heavy atom. The van der Waals surface area contributed by atoms with E-state index in [0.29, 0.717) is 17.7 Å². The van der Waals surface area contributed by atoms with Gasteiger partial charge >= 0.3 is 0 Å². The molecule has 1 aromatic heterocycles. The molecule has 4 heteroatoms. The van der Waals surface area contributed by atoms with Gasteiger partial charge in [0.15, 0.2) is 0 Å². The van der Waals surface area contributed by atoms with Crippen molar-refractivity contribution in [3.05, 3.63) is 35.3 Å². The molecule has 0 aromatic carbocycles. The van der Waals surface area contributed by atoms with Gasteiger partial charge < -0.3 is 9.58 Å². The normalized spacial score (nSPS) is 31.6. The summed E-state index contributed by atoms with van der Waals surface area (Å²) in [6, 6.07) is 3.99. The summed E-state index contributed by atoms with van der Waals surface area (Å²) in [5.74, 6) is 1.41. The maximum absolute atomic E-state index is 7.26. The van der Waals surface area contributed by atoms with Gasteiger partial charge in [-0.05, 0) is 51.3 Å². The fourth-order valence-electron chi connectivity index (χ4n) is 4.63. The van der Waals surface area contributed by atoms with Gasteiger partial charge in [0.1, 0.15) is 6.20 Å². The molecule has 2 aliphatic rings. The van der Waals surface area contributed by atoms with Gasteiger partial charge in [0.2, 0.25) is 0 Å². The van der Waals surface area contributed by atoms with Gasteiger partial charge in [-0.3, -0.25) is 4.90 Å². The molecule has 1 saturated heterocycles. The fourth-order valence-corrected chi connectivity index (χ4v) is 4.63. The van der Waals surface area contributed by atoms with Crippen molar-refractivity contribution in [3.63, 3.8) is 0 Å². The van der Waals surface area contributed by atoms with Crippen LogP contribution in [0, 0.1) is 18.4 Å². The zero-order valence-corrected chi connectivity index (χ0v) is 14.7. The van der Waals surface area contributed by atoms with Crippen molar-refractivity contribution < 1.29 is 4.74 Å². The number of aromatic nitrogens is 1.